The molecule has 0 radical (unpaired) electrons. The average Bonchev–Trinajstić information content (AvgIpc) is 2.77. The number of imidazole rings is 1. The van der Waals surface area contributed by atoms with Crippen LogP contribution in [-0.4, -0.2) is 15.5 Å². The van der Waals surface area contributed by atoms with E-state index in [2.05, 4.69) is 4.98 Å². The minimum absolute atomic E-state index is 0.0283. The van der Waals surface area contributed by atoms with Gasteiger partial charge < -0.3 is 0 Å². The second kappa shape index (κ2) is 3.29. The zero-order chi connectivity index (χ0) is 12.1. The SMILES string of the molecule is O=C1c2ccccc2Cc2nc3ccccc3n21. The van der Waals surface area contributed by atoms with Gasteiger partial charge in [0.1, 0.15) is 5.82 Å². The molecule has 0 saturated heterocycles. The molecule has 86 valence electrons. The van der Waals surface area contributed by atoms with E-state index >= 15 is 0 Å². The average molecular weight is 234 g/mol. The third-order valence-corrected chi connectivity index (χ3v) is 3.43. The summed E-state index contributed by atoms with van der Waals surface area (Å²) >= 11 is 0. The van der Waals surface area contributed by atoms with Crippen molar-refractivity contribution in [1.82, 2.24) is 9.55 Å². The van der Waals surface area contributed by atoms with Crippen LogP contribution in [0.1, 0.15) is 21.7 Å². The number of benzene rings is 2. The van der Waals surface area contributed by atoms with E-state index in [0.717, 1.165) is 34.4 Å². The van der Waals surface area contributed by atoms with Gasteiger partial charge in [0.15, 0.2) is 0 Å². The van der Waals surface area contributed by atoms with Gasteiger partial charge in [0.2, 0.25) is 0 Å². The highest BCUT2D eigenvalue weighted by Crippen LogP contribution is 2.26. The number of hydrogen-bond donors (Lipinski definition) is 0. The number of hydrogen-bond acceptors (Lipinski definition) is 2. The minimum Gasteiger partial charge on any atom is -0.268 e. The number of fused-ring (bicyclic) bond motifs is 4. The van der Waals surface area contributed by atoms with Crippen LogP contribution in [0.3, 0.4) is 0 Å². The van der Waals surface area contributed by atoms with Gasteiger partial charge in [-0.15, -0.1) is 0 Å². The predicted molar refractivity (Wildman–Crippen MR) is 68.7 cm³/mol. The highest BCUT2D eigenvalue weighted by atomic mass is 16.2. The molecule has 3 heteroatoms. The topological polar surface area (TPSA) is 34.9 Å². The number of rotatable bonds is 0. The van der Waals surface area contributed by atoms with Crippen LogP contribution in [0.25, 0.3) is 11.0 Å². The first-order chi connectivity index (χ1) is 8.84. The summed E-state index contributed by atoms with van der Waals surface area (Å²) < 4.78 is 1.73. The van der Waals surface area contributed by atoms with Crippen LogP contribution in [0.5, 0.6) is 0 Å². The summed E-state index contributed by atoms with van der Waals surface area (Å²) in [6.07, 6.45) is 0.719. The van der Waals surface area contributed by atoms with Gasteiger partial charge in [-0.2, -0.15) is 0 Å². The molecule has 4 rings (SSSR count). The Balaban J connectivity index is 2.06. The summed E-state index contributed by atoms with van der Waals surface area (Å²) in [6.45, 7) is 0. The van der Waals surface area contributed by atoms with Crippen molar-refractivity contribution < 1.29 is 4.79 Å². The van der Waals surface area contributed by atoms with Gasteiger partial charge in [0.25, 0.3) is 5.91 Å². The Hall–Kier alpha value is -2.42. The molecular formula is C15H10N2O. The molecule has 3 aromatic rings. The monoisotopic (exact) mass is 234 g/mol. The van der Waals surface area contributed by atoms with Crippen molar-refractivity contribution in [3.05, 3.63) is 65.5 Å². The first kappa shape index (κ1) is 9.59. The maximum absolute atomic E-state index is 12.5. The number of para-hydroxylation sites is 2. The van der Waals surface area contributed by atoms with Gasteiger partial charge in [0, 0.05) is 12.0 Å². The van der Waals surface area contributed by atoms with Crippen molar-refractivity contribution in [2.75, 3.05) is 0 Å². The zero-order valence-corrected chi connectivity index (χ0v) is 9.63. The Bertz CT molecular complexity index is 786. The molecular weight excluding hydrogens is 224 g/mol. The predicted octanol–water partition coefficient (Wildman–Crippen LogP) is 2.63. The number of carbonyl (C=O) groups excluding carboxylic acids is 1. The fourth-order valence-corrected chi connectivity index (χ4v) is 2.59. The van der Waals surface area contributed by atoms with E-state index in [1.807, 2.05) is 48.5 Å². The summed E-state index contributed by atoms with van der Waals surface area (Å²) in [6, 6.07) is 15.5. The molecule has 3 nitrogen and oxygen atoms in total. The van der Waals surface area contributed by atoms with E-state index in [4.69, 9.17) is 0 Å². The molecule has 18 heavy (non-hydrogen) atoms. The molecule has 1 aliphatic rings. The molecule has 0 aliphatic carbocycles. The third-order valence-electron chi connectivity index (χ3n) is 3.43. The van der Waals surface area contributed by atoms with Crippen molar-refractivity contribution in [3.63, 3.8) is 0 Å². The molecule has 0 fully saturated rings. The highest BCUT2D eigenvalue weighted by Gasteiger charge is 2.25. The molecule has 0 atom stereocenters. The lowest BCUT2D eigenvalue weighted by Crippen LogP contribution is -2.22. The van der Waals surface area contributed by atoms with Crippen LogP contribution in [0.4, 0.5) is 0 Å². The first-order valence-electron chi connectivity index (χ1n) is 5.93. The van der Waals surface area contributed by atoms with Gasteiger partial charge in [-0.1, -0.05) is 30.3 Å². The second-order valence-corrected chi connectivity index (χ2v) is 4.49. The van der Waals surface area contributed by atoms with Crippen molar-refractivity contribution >= 4 is 16.9 Å². The summed E-state index contributed by atoms with van der Waals surface area (Å²) in [5.41, 5.74) is 3.62. The van der Waals surface area contributed by atoms with Crippen LogP contribution in [0, 0.1) is 0 Å². The molecule has 2 heterocycles. The largest absolute Gasteiger partial charge is 0.268 e. The molecule has 0 amide bonds. The lowest BCUT2D eigenvalue weighted by molar-refractivity contribution is 0.0956. The number of nitrogens with zero attached hydrogens (tertiary/aromatic N) is 2. The van der Waals surface area contributed by atoms with E-state index in [-0.39, 0.29) is 5.91 Å². The standard InChI is InChI=1S/C15H10N2O/c18-15-11-6-2-1-5-10(11)9-14-16-12-7-3-4-8-13(12)17(14)15/h1-8H,9H2. The van der Waals surface area contributed by atoms with Crippen molar-refractivity contribution in [1.29, 1.82) is 0 Å². The van der Waals surface area contributed by atoms with Gasteiger partial charge in [-0.25, -0.2) is 4.98 Å². The van der Waals surface area contributed by atoms with Crippen LogP contribution in [-0.2, 0) is 6.42 Å². The lowest BCUT2D eigenvalue weighted by Gasteiger charge is -2.16. The van der Waals surface area contributed by atoms with E-state index < -0.39 is 0 Å². The summed E-state index contributed by atoms with van der Waals surface area (Å²) in [5.74, 6) is 0.862. The number of carbonyl (C=O) groups is 1. The van der Waals surface area contributed by atoms with Crippen LogP contribution in [0.2, 0.25) is 0 Å². The fourth-order valence-electron chi connectivity index (χ4n) is 2.59. The highest BCUT2D eigenvalue weighted by molar-refractivity contribution is 6.04. The Morgan fingerprint density at radius 3 is 2.72 bits per heavy atom. The van der Waals surface area contributed by atoms with Crippen molar-refractivity contribution in [3.8, 4) is 0 Å². The molecule has 0 bridgehead atoms. The quantitative estimate of drug-likeness (QED) is 0.469. The smallest absolute Gasteiger partial charge is 0.264 e. The maximum Gasteiger partial charge on any atom is 0.264 e. The van der Waals surface area contributed by atoms with E-state index in [9.17, 15) is 4.79 Å². The summed E-state index contributed by atoms with van der Waals surface area (Å²) in [4.78, 5) is 17.1. The van der Waals surface area contributed by atoms with E-state index in [0.29, 0.717) is 0 Å². The first-order valence-corrected chi connectivity index (χ1v) is 5.93. The van der Waals surface area contributed by atoms with Crippen molar-refractivity contribution in [2.45, 2.75) is 6.42 Å². The normalized spacial score (nSPS) is 13.4. The van der Waals surface area contributed by atoms with Gasteiger partial charge in [-0.05, 0) is 23.8 Å². The van der Waals surface area contributed by atoms with Crippen LogP contribution < -0.4 is 0 Å². The lowest BCUT2D eigenvalue weighted by atomic mass is 10.0. The molecule has 1 aliphatic heterocycles. The Labute approximate surface area is 104 Å². The Morgan fingerprint density at radius 1 is 1.00 bits per heavy atom. The third kappa shape index (κ3) is 1.13. The Kier molecular flexibility index (Phi) is 1.75. The van der Waals surface area contributed by atoms with Crippen LogP contribution in [0.15, 0.2) is 48.5 Å². The fraction of sp³-hybridized carbons (Fsp3) is 0.0667. The molecule has 0 N–H and O–H groups in total. The zero-order valence-electron chi connectivity index (χ0n) is 9.63. The molecule has 2 aromatic carbocycles. The van der Waals surface area contributed by atoms with Crippen molar-refractivity contribution in [2.24, 2.45) is 0 Å². The summed E-state index contributed by atoms with van der Waals surface area (Å²) in [5, 5.41) is 0. The maximum atomic E-state index is 12.5. The van der Waals surface area contributed by atoms with E-state index in [1.54, 1.807) is 4.57 Å². The van der Waals surface area contributed by atoms with E-state index in [1.165, 1.54) is 0 Å². The minimum atomic E-state index is 0.0283. The summed E-state index contributed by atoms with van der Waals surface area (Å²) in [7, 11) is 0. The number of aromatic nitrogens is 2. The molecule has 1 aromatic heterocycles. The molecule has 0 saturated carbocycles. The Morgan fingerprint density at radius 2 is 1.78 bits per heavy atom. The molecule has 0 unspecified atom stereocenters. The van der Waals surface area contributed by atoms with Gasteiger partial charge in [-0.3, -0.25) is 9.36 Å². The van der Waals surface area contributed by atoms with Crippen LogP contribution >= 0.6 is 0 Å². The van der Waals surface area contributed by atoms with Gasteiger partial charge >= 0.3 is 0 Å². The van der Waals surface area contributed by atoms with Gasteiger partial charge in [0.05, 0.1) is 11.0 Å². The molecule has 0 spiro atoms. The second-order valence-electron chi connectivity index (χ2n) is 4.49.